The molecule has 0 aliphatic rings. The number of carbonyl (C=O) groups is 1. The van der Waals surface area contributed by atoms with Crippen LogP contribution in [0.2, 0.25) is 0 Å². The lowest BCUT2D eigenvalue weighted by Crippen LogP contribution is -2.27. The topological polar surface area (TPSA) is 20.3 Å². The number of ketones is 1. The molecule has 0 saturated carbocycles. The fraction of sp³-hybridized carbons (Fsp3) is 0.533. The molecule has 0 aliphatic heterocycles. The smallest absolute Gasteiger partial charge is 0.176 e. The second kappa shape index (κ2) is 7.59. The highest BCUT2D eigenvalue weighted by molar-refractivity contribution is 7.98. The number of hydrogen-bond acceptors (Lipinski definition) is 3. The molecule has 0 unspecified atom stereocenters. The Morgan fingerprint density at radius 2 is 2.00 bits per heavy atom. The summed E-state index contributed by atoms with van der Waals surface area (Å²) in [5.41, 5.74) is 3.25. The number of thioether (sulfide) groups is 1. The van der Waals surface area contributed by atoms with E-state index in [2.05, 4.69) is 18.1 Å². The predicted octanol–water partition coefficient (Wildman–Crippen LogP) is 3.17. The number of nitrogens with zero attached hydrogens (tertiary/aromatic N) is 1. The first-order valence-corrected chi connectivity index (χ1v) is 7.72. The van der Waals surface area contributed by atoms with Gasteiger partial charge in [0.2, 0.25) is 0 Å². The van der Waals surface area contributed by atoms with Crippen LogP contribution < -0.4 is 0 Å². The van der Waals surface area contributed by atoms with Gasteiger partial charge in [0.25, 0.3) is 0 Å². The van der Waals surface area contributed by atoms with Crippen LogP contribution in [0.15, 0.2) is 18.2 Å². The average molecular weight is 265 g/mol. The average Bonchev–Trinajstić information content (AvgIpc) is 2.33. The third-order valence-electron chi connectivity index (χ3n) is 3.13. The van der Waals surface area contributed by atoms with Gasteiger partial charge in [0.15, 0.2) is 5.78 Å². The van der Waals surface area contributed by atoms with Gasteiger partial charge in [0, 0.05) is 5.56 Å². The van der Waals surface area contributed by atoms with Crippen LogP contribution in [0, 0.1) is 13.8 Å². The molecule has 3 heteroatoms. The first kappa shape index (κ1) is 15.3. The quantitative estimate of drug-likeness (QED) is 0.558. The molecule has 0 atom stereocenters. The van der Waals surface area contributed by atoms with Crippen LogP contribution in [0.1, 0.15) is 27.9 Å². The molecule has 1 aromatic rings. The Balaban J connectivity index is 2.51. The zero-order valence-electron chi connectivity index (χ0n) is 11.8. The Hall–Kier alpha value is -0.800. The molecular formula is C15H23NOS. The van der Waals surface area contributed by atoms with E-state index < -0.39 is 0 Å². The minimum Gasteiger partial charge on any atom is -0.299 e. The van der Waals surface area contributed by atoms with Crippen LogP contribution in [0.4, 0.5) is 0 Å². The number of benzene rings is 1. The summed E-state index contributed by atoms with van der Waals surface area (Å²) in [4.78, 5) is 14.2. The third kappa shape index (κ3) is 4.83. The second-order valence-electron chi connectivity index (χ2n) is 4.81. The molecule has 0 saturated heterocycles. The van der Waals surface area contributed by atoms with E-state index in [1.165, 1.54) is 11.1 Å². The van der Waals surface area contributed by atoms with Crippen LogP contribution in [0.5, 0.6) is 0 Å². The fourth-order valence-corrected chi connectivity index (χ4v) is 2.23. The highest BCUT2D eigenvalue weighted by Crippen LogP contribution is 2.11. The highest BCUT2D eigenvalue weighted by Gasteiger charge is 2.09. The summed E-state index contributed by atoms with van der Waals surface area (Å²) in [7, 11) is 2.01. The molecule has 0 amide bonds. The lowest BCUT2D eigenvalue weighted by molar-refractivity contribution is 0.0946. The minimum atomic E-state index is 0.213. The van der Waals surface area contributed by atoms with Gasteiger partial charge in [-0.3, -0.25) is 9.69 Å². The van der Waals surface area contributed by atoms with Crippen molar-refractivity contribution in [2.45, 2.75) is 20.3 Å². The van der Waals surface area contributed by atoms with Crippen molar-refractivity contribution in [3.63, 3.8) is 0 Å². The zero-order valence-corrected chi connectivity index (χ0v) is 12.6. The summed E-state index contributed by atoms with van der Waals surface area (Å²) in [5.74, 6) is 1.37. The Bertz CT molecular complexity index is 403. The summed E-state index contributed by atoms with van der Waals surface area (Å²) < 4.78 is 0. The van der Waals surface area contributed by atoms with E-state index in [1.807, 2.05) is 43.9 Å². The van der Waals surface area contributed by atoms with Crippen LogP contribution in [-0.2, 0) is 0 Å². The normalized spacial score (nSPS) is 10.9. The van der Waals surface area contributed by atoms with Gasteiger partial charge in [-0.25, -0.2) is 0 Å². The van der Waals surface area contributed by atoms with Crippen LogP contribution in [0.25, 0.3) is 0 Å². The standard InChI is InChI=1S/C15H23NOS/c1-12-6-7-14(10-13(12)2)15(17)11-16(3)8-5-9-18-4/h6-7,10H,5,8-9,11H2,1-4H3. The second-order valence-corrected chi connectivity index (χ2v) is 5.79. The van der Waals surface area contributed by atoms with Crippen molar-refractivity contribution in [3.8, 4) is 0 Å². The van der Waals surface area contributed by atoms with Crippen molar-refractivity contribution < 1.29 is 4.79 Å². The van der Waals surface area contributed by atoms with E-state index in [4.69, 9.17) is 0 Å². The van der Waals surface area contributed by atoms with Crippen molar-refractivity contribution in [2.75, 3.05) is 32.1 Å². The Morgan fingerprint density at radius 3 is 2.61 bits per heavy atom. The molecule has 2 nitrogen and oxygen atoms in total. The Kier molecular flexibility index (Phi) is 6.44. The van der Waals surface area contributed by atoms with Crippen LogP contribution >= 0.6 is 11.8 Å². The molecular weight excluding hydrogens is 242 g/mol. The Morgan fingerprint density at radius 1 is 1.28 bits per heavy atom. The summed E-state index contributed by atoms with van der Waals surface area (Å²) in [5, 5.41) is 0. The van der Waals surface area contributed by atoms with Gasteiger partial charge >= 0.3 is 0 Å². The SMILES string of the molecule is CSCCCN(C)CC(=O)c1ccc(C)c(C)c1. The molecule has 18 heavy (non-hydrogen) atoms. The summed E-state index contributed by atoms with van der Waals surface area (Å²) >= 11 is 1.85. The molecule has 0 spiro atoms. The van der Waals surface area contributed by atoms with Crippen molar-refractivity contribution >= 4 is 17.5 Å². The number of hydrogen-bond donors (Lipinski definition) is 0. The third-order valence-corrected chi connectivity index (χ3v) is 3.83. The molecule has 1 aromatic carbocycles. The molecule has 0 radical (unpaired) electrons. The molecule has 0 aromatic heterocycles. The minimum absolute atomic E-state index is 0.213. The van der Waals surface area contributed by atoms with Crippen LogP contribution in [-0.4, -0.2) is 42.8 Å². The van der Waals surface area contributed by atoms with Gasteiger partial charge in [-0.15, -0.1) is 0 Å². The van der Waals surface area contributed by atoms with E-state index in [-0.39, 0.29) is 5.78 Å². The number of likely N-dealkylation sites (N-methyl/N-ethyl adjacent to an activating group) is 1. The van der Waals surface area contributed by atoms with Gasteiger partial charge in [0.1, 0.15) is 0 Å². The molecule has 0 fully saturated rings. The van der Waals surface area contributed by atoms with Crippen molar-refractivity contribution in [2.24, 2.45) is 0 Å². The van der Waals surface area contributed by atoms with Crippen molar-refractivity contribution in [1.29, 1.82) is 0 Å². The fourth-order valence-electron chi connectivity index (χ4n) is 1.81. The number of carbonyl (C=O) groups excluding carboxylic acids is 1. The first-order chi connectivity index (χ1) is 8.54. The van der Waals surface area contributed by atoms with E-state index in [9.17, 15) is 4.79 Å². The monoisotopic (exact) mass is 265 g/mol. The molecule has 0 bridgehead atoms. The van der Waals surface area contributed by atoms with Gasteiger partial charge in [-0.1, -0.05) is 12.1 Å². The van der Waals surface area contributed by atoms with Crippen molar-refractivity contribution in [1.82, 2.24) is 4.90 Å². The maximum Gasteiger partial charge on any atom is 0.176 e. The zero-order chi connectivity index (χ0) is 13.5. The summed E-state index contributed by atoms with van der Waals surface area (Å²) in [6.45, 7) is 5.61. The molecule has 0 heterocycles. The molecule has 1 rings (SSSR count). The van der Waals surface area contributed by atoms with Gasteiger partial charge < -0.3 is 0 Å². The van der Waals surface area contributed by atoms with Crippen molar-refractivity contribution in [3.05, 3.63) is 34.9 Å². The number of rotatable bonds is 7. The number of aryl methyl sites for hydroxylation is 2. The van der Waals surface area contributed by atoms with E-state index in [0.29, 0.717) is 6.54 Å². The Labute approximate surface area is 115 Å². The molecule has 0 aliphatic carbocycles. The lowest BCUT2D eigenvalue weighted by atomic mass is 10.0. The van der Waals surface area contributed by atoms with E-state index >= 15 is 0 Å². The summed E-state index contributed by atoms with van der Waals surface area (Å²) in [6, 6.07) is 5.95. The largest absolute Gasteiger partial charge is 0.299 e. The highest BCUT2D eigenvalue weighted by atomic mass is 32.2. The molecule has 100 valence electrons. The van der Waals surface area contributed by atoms with Gasteiger partial charge in [-0.2, -0.15) is 11.8 Å². The summed E-state index contributed by atoms with van der Waals surface area (Å²) in [6.07, 6.45) is 3.25. The van der Waals surface area contributed by atoms with Gasteiger partial charge in [0.05, 0.1) is 6.54 Å². The van der Waals surface area contributed by atoms with Gasteiger partial charge in [-0.05, 0) is 63.1 Å². The van der Waals surface area contributed by atoms with Crippen LogP contribution in [0.3, 0.4) is 0 Å². The maximum absolute atomic E-state index is 12.1. The van der Waals surface area contributed by atoms with E-state index in [0.717, 1.165) is 24.3 Å². The predicted molar refractivity (Wildman–Crippen MR) is 80.7 cm³/mol. The first-order valence-electron chi connectivity index (χ1n) is 6.32. The molecule has 0 N–H and O–H groups in total. The van der Waals surface area contributed by atoms with E-state index in [1.54, 1.807) is 0 Å². The lowest BCUT2D eigenvalue weighted by Gasteiger charge is -2.15. The maximum atomic E-state index is 12.1. The number of Topliss-reactive ketones (excluding diaryl/α,β-unsaturated/α-hetero) is 1.